The zero-order chi connectivity index (χ0) is 18.9. The third kappa shape index (κ3) is 7.11. The molecule has 0 amide bonds. The van der Waals surface area contributed by atoms with Gasteiger partial charge in [-0.15, -0.1) is 0 Å². The molecule has 0 heterocycles. The summed E-state index contributed by atoms with van der Waals surface area (Å²) < 4.78 is 0. The van der Waals surface area contributed by atoms with Crippen LogP contribution in [0.5, 0.6) is 0 Å². The fraction of sp³-hybridized carbons (Fsp3) is 0.696. The van der Waals surface area contributed by atoms with Gasteiger partial charge < -0.3 is 10.8 Å². The number of carboxylic acids is 1. The van der Waals surface area contributed by atoms with Crippen molar-refractivity contribution in [2.75, 3.05) is 0 Å². The van der Waals surface area contributed by atoms with Crippen molar-refractivity contribution in [1.82, 2.24) is 0 Å². The van der Waals surface area contributed by atoms with E-state index in [1.165, 1.54) is 49.7 Å². The van der Waals surface area contributed by atoms with Gasteiger partial charge in [-0.25, -0.2) is 0 Å². The summed E-state index contributed by atoms with van der Waals surface area (Å²) in [6, 6.07) is 9.46. The maximum atomic E-state index is 10.8. The van der Waals surface area contributed by atoms with E-state index in [0.29, 0.717) is 30.2 Å². The van der Waals surface area contributed by atoms with Gasteiger partial charge in [0.05, 0.1) is 0 Å². The van der Waals surface area contributed by atoms with Crippen LogP contribution in [-0.2, 0) is 4.79 Å². The Hall–Kier alpha value is -1.35. The minimum atomic E-state index is -0.652. The van der Waals surface area contributed by atoms with E-state index < -0.39 is 5.97 Å². The topological polar surface area (TPSA) is 63.3 Å². The predicted molar refractivity (Wildman–Crippen MR) is 109 cm³/mol. The predicted octanol–water partition coefficient (Wildman–Crippen LogP) is 5.84. The van der Waals surface area contributed by atoms with E-state index in [2.05, 4.69) is 38.1 Å². The monoisotopic (exact) mass is 359 g/mol. The maximum absolute atomic E-state index is 10.8. The summed E-state index contributed by atoms with van der Waals surface area (Å²) in [6.07, 6.45) is 11.5. The number of rotatable bonds is 4. The zero-order valence-corrected chi connectivity index (χ0v) is 16.6. The number of carboxylic acid groups (broad SMARTS) is 1. The molecule has 0 aromatic heterocycles. The Balaban J connectivity index is 0.000000290. The first-order chi connectivity index (χ1) is 12.5. The number of benzene rings is 1. The summed E-state index contributed by atoms with van der Waals surface area (Å²) in [4.78, 5) is 10.8. The highest BCUT2D eigenvalue weighted by Crippen LogP contribution is 2.37. The molecule has 1 aromatic carbocycles. The van der Waals surface area contributed by atoms with Crippen LogP contribution >= 0.6 is 0 Å². The molecule has 0 radical (unpaired) electrons. The third-order valence-corrected chi connectivity index (χ3v) is 5.97. The molecule has 2 saturated carbocycles. The normalized spacial score (nSPS) is 24.0. The first-order valence-corrected chi connectivity index (χ1v) is 10.5. The van der Waals surface area contributed by atoms with E-state index >= 15 is 0 Å². The Morgan fingerprint density at radius 2 is 1.69 bits per heavy atom. The summed E-state index contributed by atoms with van der Waals surface area (Å²) in [5.41, 5.74) is 8.40. The molecular weight excluding hydrogens is 322 g/mol. The van der Waals surface area contributed by atoms with Crippen LogP contribution in [0.25, 0.3) is 0 Å². The summed E-state index contributed by atoms with van der Waals surface area (Å²) in [7, 11) is 0. The molecule has 3 N–H and O–H groups in total. The van der Waals surface area contributed by atoms with Gasteiger partial charge in [0, 0.05) is 12.5 Å². The van der Waals surface area contributed by atoms with Crippen molar-refractivity contribution < 1.29 is 9.90 Å². The highest BCUT2D eigenvalue weighted by Gasteiger charge is 2.24. The van der Waals surface area contributed by atoms with E-state index in [9.17, 15) is 4.79 Å². The number of aliphatic carboxylic acids is 1. The van der Waals surface area contributed by atoms with Crippen molar-refractivity contribution in [2.24, 2.45) is 11.7 Å². The van der Waals surface area contributed by atoms with Gasteiger partial charge in [0.1, 0.15) is 0 Å². The molecule has 0 spiro atoms. The molecule has 2 aliphatic rings. The van der Waals surface area contributed by atoms with Crippen LogP contribution in [0.15, 0.2) is 24.3 Å². The minimum absolute atomic E-state index is 0.334. The summed E-state index contributed by atoms with van der Waals surface area (Å²) in [5, 5.41) is 8.92. The van der Waals surface area contributed by atoms with Crippen molar-refractivity contribution in [3.05, 3.63) is 35.4 Å². The molecule has 2 aliphatic carbocycles. The average Bonchev–Trinajstić information content (AvgIpc) is 2.63. The average molecular weight is 360 g/mol. The lowest BCUT2D eigenvalue weighted by molar-refractivity contribution is -0.138. The fourth-order valence-corrected chi connectivity index (χ4v) is 4.31. The molecule has 3 nitrogen and oxygen atoms in total. The zero-order valence-electron chi connectivity index (χ0n) is 16.6. The minimum Gasteiger partial charge on any atom is -0.481 e. The van der Waals surface area contributed by atoms with Gasteiger partial charge in [0.15, 0.2) is 0 Å². The van der Waals surface area contributed by atoms with Gasteiger partial charge in [-0.1, -0.05) is 63.8 Å². The van der Waals surface area contributed by atoms with Gasteiger partial charge >= 0.3 is 5.97 Å². The number of nitrogens with two attached hydrogens (primary N) is 1. The van der Waals surface area contributed by atoms with Gasteiger partial charge in [-0.05, 0) is 61.0 Å². The Kier molecular flexibility index (Phi) is 8.64. The Morgan fingerprint density at radius 1 is 1.04 bits per heavy atom. The van der Waals surface area contributed by atoms with Gasteiger partial charge in [-0.3, -0.25) is 4.79 Å². The second-order valence-corrected chi connectivity index (χ2v) is 8.55. The largest absolute Gasteiger partial charge is 0.481 e. The fourth-order valence-electron chi connectivity index (χ4n) is 4.31. The van der Waals surface area contributed by atoms with Crippen molar-refractivity contribution in [3.63, 3.8) is 0 Å². The van der Waals surface area contributed by atoms with E-state index in [-0.39, 0.29) is 0 Å². The summed E-state index contributed by atoms with van der Waals surface area (Å²) in [5.74, 6) is 0.835. The highest BCUT2D eigenvalue weighted by molar-refractivity contribution is 5.67. The molecule has 0 aliphatic heterocycles. The maximum Gasteiger partial charge on any atom is 0.303 e. The van der Waals surface area contributed by atoms with Gasteiger partial charge in [0.2, 0.25) is 0 Å². The smallest absolute Gasteiger partial charge is 0.303 e. The summed E-state index contributed by atoms with van der Waals surface area (Å²) in [6.45, 7) is 4.41. The number of hydrogen-bond acceptors (Lipinski definition) is 2. The van der Waals surface area contributed by atoms with Crippen molar-refractivity contribution in [2.45, 2.75) is 95.9 Å². The van der Waals surface area contributed by atoms with Gasteiger partial charge in [-0.2, -0.15) is 0 Å². The highest BCUT2D eigenvalue weighted by atomic mass is 16.4. The molecule has 2 unspecified atom stereocenters. The molecule has 3 rings (SSSR count). The Morgan fingerprint density at radius 3 is 2.19 bits per heavy atom. The van der Waals surface area contributed by atoms with Gasteiger partial charge in [0.25, 0.3) is 0 Å². The van der Waals surface area contributed by atoms with E-state index in [0.717, 1.165) is 19.3 Å². The first-order valence-electron chi connectivity index (χ1n) is 10.5. The van der Waals surface area contributed by atoms with E-state index in [4.69, 9.17) is 10.8 Å². The second kappa shape index (κ2) is 10.7. The summed E-state index contributed by atoms with van der Waals surface area (Å²) >= 11 is 0. The van der Waals surface area contributed by atoms with Crippen LogP contribution in [0.4, 0.5) is 0 Å². The second-order valence-electron chi connectivity index (χ2n) is 8.55. The molecule has 26 heavy (non-hydrogen) atoms. The van der Waals surface area contributed by atoms with Crippen LogP contribution in [0, 0.1) is 5.92 Å². The standard InChI is InChI=1S/C17H24O2.C6H13N/c1-12(2)14-6-8-15(9-7-14)16-5-3-4-13(10-16)11-17(18)19;7-6-4-2-1-3-5-6/h6-9,12-13,16H,3-5,10-11H2,1-2H3,(H,18,19);6H,1-5,7H2. The molecule has 2 atom stereocenters. The van der Waals surface area contributed by atoms with Crippen LogP contribution < -0.4 is 5.73 Å². The molecule has 1 aromatic rings. The molecular formula is C23H37NO2. The van der Waals surface area contributed by atoms with E-state index in [1.54, 1.807) is 0 Å². The van der Waals surface area contributed by atoms with Crippen LogP contribution in [0.1, 0.15) is 101 Å². The van der Waals surface area contributed by atoms with Crippen molar-refractivity contribution in [1.29, 1.82) is 0 Å². The van der Waals surface area contributed by atoms with Crippen LogP contribution in [-0.4, -0.2) is 17.1 Å². The van der Waals surface area contributed by atoms with Crippen LogP contribution in [0.3, 0.4) is 0 Å². The lowest BCUT2D eigenvalue weighted by atomic mass is 9.76. The molecule has 0 bridgehead atoms. The van der Waals surface area contributed by atoms with Crippen LogP contribution in [0.2, 0.25) is 0 Å². The molecule has 0 saturated heterocycles. The number of hydrogen-bond donors (Lipinski definition) is 2. The Bertz CT molecular complexity index is 532. The quantitative estimate of drug-likeness (QED) is 0.710. The van der Waals surface area contributed by atoms with E-state index in [1.807, 2.05) is 0 Å². The van der Waals surface area contributed by atoms with Crippen molar-refractivity contribution in [3.8, 4) is 0 Å². The molecule has 146 valence electrons. The lowest BCUT2D eigenvalue weighted by Crippen LogP contribution is -2.22. The first kappa shape index (κ1) is 21.0. The number of carbonyl (C=O) groups is 1. The Labute approximate surface area is 159 Å². The molecule has 2 fully saturated rings. The third-order valence-electron chi connectivity index (χ3n) is 5.97. The molecule has 3 heteroatoms. The van der Waals surface area contributed by atoms with Crippen molar-refractivity contribution >= 4 is 5.97 Å². The SMILES string of the molecule is CC(C)c1ccc(C2CCCC(CC(=O)O)C2)cc1.NC1CCCCC1. The lowest BCUT2D eigenvalue weighted by Gasteiger charge is -2.28.